The fraction of sp³-hybridized carbons (Fsp3) is 0.846. The summed E-state index contributed by atoms with van der Waals surface area (Å²) >= 11 is 0. The Kier molecular flexibility index (Phi) is 11.2. The maximum atomic E-state index is 11.5. The van der Waals surface area contributed by atoms with Crippen molar-refractivity contribution in [3.8, 4) is 0 Å². The van der Waals surface area contributed by atoms with Gasteiger partial charge >= 0.3 is 5.97 Å². The molecule has 0 aromatic carbocycles. The average Bonchev–Trinajstić information content (AvgIpc) is 2.20. The lowest BCUT2D eigenvalue weighted by atomic mass is 10.1. The van der Waals surface area contributed by atoms with E-state index in [1.165, 1.54) is 0 Å². The number of nitrogens with zero attached hydrogens (tertiary/aromatic N) is 1. The van der Waals surface area contributed by atoms with E-state index in [0.29, 0.717) is 11.9 Å². The first-order valence-corrected chi connectivity index (χ1v) is 6.41. The number of halogens is 1. The predicted octanol–water partition coefficient (Wildman–Crippen LogP) is 2.16. The topological polar surface area (TPSA) is 62.7 Å². The van der Waals surface area contributed by atoms with E-state index >= 15 is 0 Å². The summed E-state index contributed by atoms with van der Waals surface area (Å²) in [6.45, 7) is 10.8. The van der Waals surface area contributed by atoms with Gasteiger partial charge in [0, 0.05) is 13.6 Å². The molecule has 2 N–H and O–H groups in total. The van der Waals surface area contributed by atoms with Crippen LogP contribution < -0.4 is 10.6 Å². The van der Waals surface area contributed by atoms with Gasteiger partial charge in [-0.25, -0.2) is 0 Å². The third kappa shape index (κ3) is 13.7. The number of nitrogens with one attached hydrogen (secondary N) is 2. The van der Waals surface area contributed by atoms with E-state index < -0.39 is 5.60 Å². The fourth-order valence-corrected chi connectivity index (χ4v) is 1.23. The van der Waals surface area contributed by atoms with Crippen molar-refractivity contribution >= 4 is 35.9 Å². The number of carbonyl (C=O) groups is 1. The normalized spacial score (nSPS) is 11.8. The highest BCUT2D eigenvalue weighted by molar-refractivity contribution is 14.0. The summed E-state index contributed by atoms with van der Waals surface area (Å²) in [6, 6.07) is 0. The largest absolute Gasteiger partial charge is 0.459 e. The van der Waals surface area contributed by atoms with Gasteiger partial charge in [0.05, 0.1) is 0 Å². The highest BCUT2D eigenvalue weighted by Crippen LogP contribution is 2.06. The number of guanidine groups is 1. The van der Waals surface area contributed by atoms with Crippen LogP contribution in [0.25, 0.3) is 0 Å². The summed E-state index contributed by atoms with van der Waals surface area (Å²) in [6.07, 6.45) is 1.06. The van der Waals surface area contributed by atoms with Crippen LogP contribution in [0.15, 0.2) is 4.99 Å². The smallest absolute Gasteiger partial charge is 0.325 e. The van der Waals surface area contributed by atoms with Crippen molar-refractivity contribution in [3.63, 3.8) is 0 Å². The molecular formula is C13H28IN3O2. The molecule has 0 aliphatic carbocycles. The molecule has 0 radical (unpaired) electrons. The molecule has 0 unspecified atom stereocenters. The number of aliphatic imine (C=N–C) groups is 1. The zero-order chi connectivity index (χ0) is 14.2. The molecule has 0 saturated carbocycles. The Morgan fingerprint density at radius 3 is 2.26 bits per heavy atom. The van der Waals surface area contributed by atoms with Crippen LogP contribution in [0.3, 0.4) is 0 Å². The van der Waals surface area contributed by atoms with Crippen LogP contribution in [0.1, 0.15) is 41.0 Å². The fourth-order valence-electron chi connectivity index (χ4n) is 1.23. The van der Waals surface area contributed by atoms with E-state index in [9.17, 15) is 4.79 Å². The lowest BCUT2D eigenvalue weighted by Gasteiger charge is -2.20. The Hall–Kier alpha value is -0.530. The Balaban J connectivity index is 0. The summed E-state index contributed by atoms with van der Waals surface area (Å²) < 4.78 is 5.19. The summed E-state index contributed by atoms with van der Waals surface area (Å²) in [5, 5.41) is 6.08. The lowest BCUT2D eigenvalue weighted by Crippen LogP contribution is -2.42. The van der Waals surface area contributed by atoms with Crippen molar-refractivity contribution < 1.29 is 9.53 Å². The van der Waals surface area contributed by atoms with E-state index in [-0.39, 0.29) is 36.5 Å². The molecule has 0 heterocycles. The van der Waals surface area contributed by atoms with E-state index in [2.05, 4.69) is 29.5 Å². The highest BCUT2D eigenvalue weighted by atomic mass is 127. The molecule has 0 bridgehead atoms. The Labute approximate surface area is 134 Å². The zero-order valence-electron chi connectivity index (χ0n) is 12.9. The minimum atomic E-state index is -0.451. The molecule has 0 saturated heterocycles. The van der Waals surface area contributed by atoms with Crippen LogP contribution in [0.4, 0.5) is 0 Å². The lowest BCUT2D eigenvalue weighted by molar-refractivity contribution is -0.153. The number of hydrogen-bond donors (Lipinski definition) is 2. The Bertz CT molecular complexity index is 286. The third-order valence-corrected chi connectivity index (χ3v) is 2.06. The highest BCUT2D eigenvalue weighted by Gasteiger charge is 2.16. The molecule has 6 heteroatoms. The second kappa shape index (κ2) is 10.3. The molecule has 0 aliphatic heterocycles. The number of ether oxygens (including phenoxy) is 1. The van der Waals surface area contributed by atoms with Gasteiger partial charge in [-0.05, 0) is 33.1 Å². The molecule has 0 spiro atoms. The second-order valence-corrected chi connectivity index (χ2v) is 5.62. The van der Waals surface area contributed by atoms with Gasteiger partial charge in [0.1, 0.15) is 12.1 Å². The SMILES string of the molecule is CN=C(NCCC(C)C)NCC(=O)OC(C)(C)C.I. The quantitative estimate of drug-likeness (QED) is 0.330. The van der Waals surface area contributed by atoms with Crippen LogP contribution in [0, 0.1) is 5.92 Å². The van der Waals surface area contributed by atoms with Crippen LogP contribution in [-0.4, -0.2) is 37.7 Å². The van der Waals surface area contributed by atoms with Gasteiger partial charge in [0.2, 0.25) is 0 Å². The molecule has 0 aliphatic rings. The Morgan fingerprint density at radius 1 is 1.26 bits per heavy atom. The first kappa shape index (κ1) is 20.8. The van der Waals surface area contributed by atoms with Gasteiger partial charge < -0.3 is 15.4 Å². The van der Waals surface area contributed by atoms with Crippen LogP contribution in [0.5, 0.6) is 0 Å². The molecule has 0 amide bonds. The van der Waals surface area contributed by atoms with Gasteiger partial charge in [0.15, 0.2) is 5.96 Å². The molecular weight excluding hydrogens is 357 g/mol. The van der Waals surface area contributed by atoms with E-state index in [1.807, 2.05) is 20.8 Å². The number of esters is 1. The van der Waals surface area contributed by atoms with E-state index in [0.717, 1.165) is 13.0 Å². The molecule has 0 aromatic rings. The summed E-state index contributed by atoms with van der Waals surface area (Å²) in [5.41, 5.74) is -0.451. The Morgan fingerprint density at radius 2 is 1.84 bits per heavy atom. The van der Waals surface area contributed by atoms with Crippen LogP contribution in [-0.2, 0) is 9.53 Å². The van der Waals surface area contributed by atoms with Crippen molar-refractivity contribution in [2.75, 3.05) is 20.1 Å². The minimum Gasteiger partial charge on any atom is -0.459 e. The van der Waals surface area contributed by atoms with Gasteiger partial charge in [0.25, 0.3) is 0 Å². The third-order valence-electron chi connectivity index (χ3n) is 2.06. The number of carbonyl (C=O) groups excluding carboxylic acids is 1. The van der Waals surface area contributed by atoms with E-state index in [4.69, 9.17) is 4.74 Å². The summed E-state index contributed by atoms with van der Waals surface area (Å²) in [4.78, 5) is 15.5. The van der Waals surface area contributed by atoms with Crippen molar-refractivity contribution in [3.05, 3.63) is 0 Å². The predicted molar refractivity (Wildman–Crippen MR) is 90.1 cm³/mol. The summed E-state index contributed by atoms with van der Waals surface area (Å²) in [5.74, 6) is 0.984. The molecule has 0 rings (SSSR count). The van der Waals surface area contributed by atoms with Crippen LogP contribution >= 0.6 is 24.0 Å². The molecule has 114 valence electrons. The van der Waals surface area contributed by atoms with Gasteiger partial charge in [-0.15, -0.1) is 24.0 Å². The first-order chi connectivity index (χ1) is 8.24. The monoisotopic (exact) mass is 385 g/mol. The maximum Gasteiger partial charge on any atom is 0.325 e. The van der Waals surface area contributed by atoms with Gasteiger partial charge in [-0.1, -0.05) is 13.8 Å². The van der Waals surface area contributed by atoms with Crippen molar-refractivity contribution in [2.45, 2.75) is 46.6 Å². The molecule has 0 fully saturated rings. The summed E-state index contributed by atoms with van der Waals surface area (Å²) in [7, 11) is 1.68. The van der Waals surface area contributed by atoms with Gasteiger partial charge in [-0.3, -0.25) is 9.79 Å². The molecule has 0 aromatic heterocycles. The second-order valence-electron chi connectivity index (χ2n) is 5.62. The number of hydrogen-bond acceptors (Lipinski definition) is 3. The van der Waals surface area contributed by atoms with E-state index in [1.54, 1.807) is 7.05 Å². The average molecular weight is 385 g/mol. The van der Waals surface area contributed by atoms with Crippen molar-refractivity contribution in [1.29, 1.82) is 0 Å². The molecule has 5 nitrogen and oxygen atoms in total. The minimum absolute atomic E-state index is 0. The molecule has 0 atom stereocenters. The maximum absolute atomic E-state index is 11.5. The van der Waals surface area contributed by atoms with Crippen LogP contribution in [0.2, 0.25) is 0 Å². The first-order valence-electron chi connectivity index (χ1n) is 6.41. The van der Waals surface area contributed by atoms with Gasteiger partial charge in [-0.2, -0.15) is 0 Å². The number of rotatable bonds is 5. The molecule has 19 heavy (non-hydrogen) atoms. The standard InChI is InChI=1S/C13H27N3O2.HI/c1-10(2)7-8-15-12(14-6)16-9-11(17)18-13(3,4)5;/h10H,7-9H2,1-6H3,(H2,14,15,16);1H. The zero-order valence-corrected chi connectivity index (χ0v) is 15.2. The van der Waals surface area contributed by atoms with Crippen molar-refractivity contribution in [2.24, 2.45) is 10.9 Å². The van der Waals surface area contributed by atoms with Crippen molar-refractivity contribution in [1.82, 2.24) is 10.6 Å².